The number of nitrogens with one attached hydrogen (secondary N) is 2. The quantitative estimate of drug-likeness (QED) is 0.678. The van der Waals surface area contributed by atoms with Gasteiger partial charge < -0.3 is 5.32 Å². The third-order valence-electron chi connectivity index (χ3n) is 2.24. The fraction of sp³-hybridized carbons (Fsp3) is 0.625. The topological polar surface area (TPSA) is 40.7 Å². The Labute approximate surface area is 66.2 Å². The zero-order chi connectivity index (χ0) is 7.52. The molecular weight excluding hydrogens is 138 g/mol. The molecule has 0 aliphatic heterocycles. The van der Waals surface area contributed by atoms with Gasteiger partial charge in [0.15, 0.2) is 0 Å². The molecule has 11 heavy (non-hydrogen) atoms. The average Bonchev–Trinajstić information content (AvgIpc) is 2.36. The molecular formula is C8H13N3. The van der Waals surface area contributed by atoms with E-state index in [1.807, 2.05) is 6.07 Å². The molecule has 0 amide bonds. The minimum absolute atomic E-state index is 0.762. The monoisotopic (exact) mass is 151 g/mol. The number of nitrogens with zero attached hydrogens (tertiary/aromatic N) is 1. The molecule has 60 valence electrons. The lowest BCUT2D eigenvalue weighted by Crippen LogP contribution is -2.34. The first-order chi connectivity index (χ1) is 5.45. The molecule has 2 N–H and O–H groups in total. The van der Waals surface area contributed by atoms with E-state index in [9.17, 15) is 0 Å². The normalized spacial score (nSPS) is 18.2. The first-order valence-corrected chi connectivity index (χ1v) is 4.17. The lowest BCUT2D eigenvalue weighted by Gasteiger charge is -2.26. The molecule has 3 nitrogen and oxygen atoms in total. The van der Waals surface area contributed by atoms with Gasteiger partial charge in [0, 0.05) is 24.5 Å². The van der Waals surface area contributed by atoms with Crippen LogP contribution in [0.2, 0.25) is 0 Å². The summed E-state index contributed by atoms with van der Waals surface area (Å²) in [4.78, 5) is 0. The zero-order valence-electron chi connectivity index (χ0n) is 6.51. The SMILES string of the molecule is c1cc(CNC2CCC2)[nH]n1. The van der Waals surface area contributed by atoms with E-state index < -0.39 is 0 Å². The smallest absolute Gasteiger partial charge is 0.0490 e. The van der Waals surface area contributed by atoms with Gasteiger partial charge in [-0.15, -0.1) is 0 Å². The van der Waals surface area contributed by atoms with Crippen LogP contribution in [-0.4, -0.2) is 16.2 Å². The van der Waals surface area contributed by atoms with Crippen molar-refractivity contribution in [2.75, 3.05) is 0 Å². The molecule has 2 rings (SSSR count). The summed E-state index contributed by atoms with van der Waals surface area (Å²) in [6, 6.07) is 2.77. The maximum atomic E-state index is 3.88. The van der Waals surface area contributed by atoms with Crippen molar-refractivity contribution in [3.63, 3.8) is 0 Å². The summed E-state index contributed by atoms with van der Waals surface area (Å²) >= 11 is 0. The molecule has 3 heteroatoms. The van der Waals surface area contributed by atoms with Crippen molar-refractivity contribution < 1.29 is 0 Å². The van der Waals surface area contributed by atoms with Crippen LogP contribution < -0.4 is 5.32 Å². The van der Waals surface area contributed by atoms with Gasteiger partial charge >= 0.3 is 0 Å². The van der Waals surface area contributed by atoms with E-state index in [1.54, 1.807) is 6.20 Å². The molecule has 1 saturated carbocycles. The summed E-state index contributed by atoms with van der Waals surface area (Å²) in [5, 5.41) is 10.3. The van der Waals surface area contributed by atoms with Crippen molar-refractivity contribution in [3.8, 4) is 0 Å². The van der Waals surface area contributed by atoms with Crippen molar-refractivity contribution in [3.05, 3.63) is 18.0 Å². The van der Waals surface area contributed by atoms with Gasteiger partial charge in [-0.05, 0) is 18.9 Å². The van der Waals surface area contributed by atoms with E-state index in [2.05, 4.69) is 15.5 Å². The third kappa shape index (κ3) is 1.60. The van der Waals surface area contributed by atoms with Crippen LogP contribution in [0.3, 0.4) is 0 Å². The molecule has 0 saturated heterocycles. The first kappa shape index (κ1) is 6.85. The molecule has 0 radical (unpaired) electrons. The highest BCUT2D eigenvalue weighted by atomic mass is 15.1. The second kappa shape index (κ2) is 3.05. The van der Waals surface area contributed by atoms with E-state index in [1.165, 1.54) is 25.0 Å². The van der Waals surface area contributed by atoms with Crippen LogP contribution in [0.5, 0.6) is 0 Å². The van der Waals surface area contributed by atoms with Crippen LogP contribution >= 0.6 is 0 Å². The van der Waals surface area contributed by atoms with Gasteiger partial charge in [-0.3, -0.25) is 5.10 Å². The summed E-state index contributed by atoms with van der Waals surface area (Å²) in [5.74, 6) is 0. The summed E-state index contributed by atoms with van der Waals surface area (Å²) in [7, 11) is 0. The predicted molar refractivity (Wildman–Crippen MR) is 43.1 cm³/mol. The number of aromatic amines is 1. The molecule has 1 aromatic heterocycles. The Morgan fingerprint density at radius 1 is 1.64 bits per heavy atom. The van der Waals surface area contributed by atoms with E-state index >= 15 is 0 Å². The van der Waals surface area contributed by atoms with Crippen LogP contribution in [0.1, 0.15) is 25.0 Å². The summed E-state index contributed by atoms with van der Waals surface area (Å²) in [5.41, 5.74) is 1.18. The minimum Gasteiger partial charge on any atom is -0.308 e. The Hall–Kier alpha value is -0.830. The lowest BCUT2D eigenvalue weighted by atomic mass is 9.93. The fourth-order valence-corrected chi connectivity index (χ4v) is 1.25. The molecule has 0 aromatic carbocycles. The second-order valence-corrected chi connectivity index (χ2v) is 3.09. The Bertz CT molecular complexity index is 201. The minimum atomic E-state index is 0.762. The van der Waals surface area contributed by atoms with Gasteiger partial charge in [0.05, 0.1) is 0 Å². The highest BCUT2D eigenvalue weighted by molar-refractivity contribution is 4.97. The third-order valence-corrected chi connectivity index (χ3v) is 2.24. The predicted octanol–water partition coefficient (Wildman–Crippen LogP) is 1.05. The summed E-state index contributed by atoms with van der Waals surface area (Å²) < 4.78 is 0. The Morgan fingerprint density at radius 3 is 3.09 bits per heavy atom. The van der Waals surface area contributed by atoms with Crippen molar-refractivity contribution in [1.82, 2.24) is 15.5 Å². The van der Waals surface area contributed by atoms with Crippen LogP contribution in [0.25, 0.3) is 0 Å². The van der Waals surface area contributed by atoms with Gasteiger partial charge in [0.2, 0.25) is 0 Å². The zero-order valence-corrected chi connectivity index (χ0v) is 6.51. The van der Waals surface area contributed by atoms with Gasteiger partial charge in [0.25, 0.3) is 0 Å². The maximum absolute atomic E-state index is 3.88. The van der Waals surface area contributed by atoms with E-state index in [0.29, 0.717) is 0 Å². The summed E-state index contributed by atoms with van der Waals surface area (Å²) in [6.07, 6.45) is 5.86. The van der Waals surface area contributed by atoms with E-state index in [0.717, 1.165) is 12.6 Å². The highest BCUT2D eigenvalue weighted by Crippen LogP contribution is 2.18. The summed E-state index contributed by atoms with van der Waals surface area (Å²) in [6.45, 7) is 0.935. The Balaban J connectivity index is 1.74. The van der Waals surface area contributed by atoms with Crippen LogP contribution in [0, 0.1) is 0 Å². The second-order valence-electron chi connectivity index (χ2n) is 3.09. The number of aromatic nitrogens is 2. The molecule has 0 spiro atoms. The molecule has 1 heterocycles. The Kier molecular flexibility index (Phi) is 1.90. The van der Waals surface area contributed by atoms with Crippen LogP contribution in [-0.2, 0) is 6.54 Å². The van der Waals surface area contributed by atoms with Crippen molar-refractivity contribution in [1.29, 1.82) is 0 Å². The van der Waals surface area contributed by atoms with Crippen molar-refractivity contribution in [2.45, 2.75) is 31.8 Å². The fourth-order valence-electron chi connectivity index (χ4n) is 1.25. The van der Waals surface area contributed by atoms with Gasteiger partial charge in [-0.2, -0.15) is 5.10 Å². The maximum Gasteiger partial charge on any atom is 0.0490 e. The van der Waals surface area contributed by atoms with Crippen LogP contribution in [0.15, 0.2) is 12.3 Å². The Morgan fingerprint density at radius 2 is 2.55 bits per heavy atom. The molecule has 0 unspecified atom stereocenters. The molecule has 1 aliphatic rings. The number of hydrogen-bond acceptors (Lipinski definition) is 2. The number of rotatable bonds is 3. The average molecular weight is 151 g/mol. The molecule has 1 fully saturated rings. The van der Waals surface area contributed by atoms with Gasteiger partial charge in [-0.25, -0.2) is 0 Å². The molecule has 0 bridgehead atoms. The van der Waals surface area contributed by atoms with Crippen LogP contribution in [0.4, 0.5) is 0 Å². The van der Waals surface area contributed by atoms with E-state index in [-0.39, 0.29) is 0 Å². The lowest BCUT2D eigenvalue weighted by molar-refractivity contribution is 0.337. The first-order valence-electron chi connectivity index (χ1n) is 4.17. The molecule has 1 aliphatic carbocycles. The highest BCUT2D eigenvalue weighted by Gasteiger charge is 2.15. The standard InChI is InChI=1S/C8H13N3/c1-2-7(3-1)9-6-8-4-5-10-11-8/h4-5,7,9H,1-3,6H2,(H,10,11). The molecule has 0 atom stereocenters. The number of H-pyrrole nitrogens is 1. The molecule has 1 aromatic rings. The van der Waals surface area contributed by atoms with E-state index in [4.69, 9.17) is 0 Å². The van der Waals surface area contributed by atoms with Crippen molar-refractivity contribution >= 4 is 0 Å². The number of hydrogen-bond donors (Lipinski definition) is 2. The van der Waals surface area contributed by atoms with Gasteiger partial charge in [0.1, 0.15) is 0 Å². The van der Waals surface area contributed by atoms with Gasteiger partial charge in [-0.1, -0.05) is 6.42 Å². The van der Waals surface area contributed by atoms with Crippen molar-refractivity contribution in [2.24, 2.45) is 0 Å². The largest absolute Gasteiger partial charge is 0.308 e.